The molecule has 0 heterocycles. The van der Waals surface area contributed by atoms with Gasteiger partial charge < -0.3 is 5.11 Å². The Kier molecular flexibility index (Phi) is 2.92. The highest BCUT2D eigenvalue weighted by Crippen LogP contribution is 2.36. The minimum absolute atomic E-state index is 0.329. The van der Waals surface area contributed by atoms with Crippen molar-refractivity contribution in [2.24, 2.45) is 0 Å². The van der Waals surface area contributed by atoms with E-state index in [1.54, 1.807) is 0 Å². The quantitative estimate of drug-likeness (QED) is 0.843. The molecule has 0 amide bonds. The Morgan fingerprint density at radius 3 is 2.18 bits per heavy atom. The summed E-state index contributed by atoms with van der Waals surface area (Å²) in [6, 6.07) is 2.07. The maximum absolute atomic E-state index is 12.9. The van der Waals surface area contributed by atoms with Crippen LogP contribution in [0.5, 0.6) is 0 Å². The number of sulfonamides is 1. The lowest BCUT2D eigenvalue weighted by atomic mass is 10.3. The molecule has 1 fully saturated rings. The van der Waals surface area contributed by atoms with E-state index in [1.807, 2.05) is 0 Å². The predicted octanol–water partition coefficient (Wildman–Crippen LogP) is 0.768. The van der Waals surface area contributed by atoms with Crippen LogP contribution in [0.15, 0.2) is 23.1 Å². The summed E-state index contributed by atoms with van der Waals surface area (Å²) in [7, 11) is -4.00. The predicted molar refractivity (Wildman–Crippen MR) is 55.7 cm³/mol. The largest absolute Gasteiger partial charge is 0.394 e. The SMILES string of the molecule is O=S(=O)(NC1(CO)CC1)c1cc(F)cc(F)c1. The summed E-state index contributed by atoms with van der Waals surface area (Å²) < 4.78 is 51.7. The standard InChI is InChI=1S/C10H11F2NO3S/c11-7-3-8(12)5-9(4-7)17(15,16)13-10(6-14)1-2-10/h3-5,13-14H,1-2,6H2. The maximum Gasteiger partial charge on any atom is 0.241 e. The lowest BCUT2D eigenvalue weighted by Gasteiger charge is -2.14. The van der Waals surface area contributed by atoms with Crippen LogP contribution in [0.25, 0.3) is 0 Å². The first-order chi connectivity index (χ1) is 7.87. The van der Waals surface area contributed by atoms with Crippen LogP contribution in [0, 0.1) is 11.6 Å². The van der Waals surface area contributed by atoms with E-state index in [-0.39, 0.29) is 6.61 Å². The molecule has 1 aromatic rings. The fourth-order valence-corrected chi connectivity index (χ4v) is 2.96. The minimum Gasteiger partial charge on any atom is -0.394 e. The normalized spacial score (nSPS) is 18.1. The van der Waals surface area contributed by atoms with Gasteiger partial charge in [0.15, 0.2) is 0 Å². The summed E-state index contributed by atoms with van der Waals surface area (Å²) in [5, 5.41) is 9.00. The summed E-state index contributed by atoms with van der Waals surface area (Å²) in [5.74, 6) is -1.92. The minimum atomic E-state index is -4.00. The summed E-state index contributed by atoms with van der Waals surface area (Å²) >= 11 is 0. The molecule has 7 heteroatoms. The first-order valence-electron chi connectivity index (χ1n) is 4.98. The van der Waals surface area contributed by atoms with Crippen LogP contribution in [-0.2, 0) is 10.0 Å². The van der Waals surface area contributed by atoms with Crippen molar-refractivity contribution in [3.05, 3.63) is 29.8 Å². The van der Waals surface area contributed by atoms with E-state index in [0.717, 1.165) is 12.1 Å². The molecule has 0 unspecified atom stereocenters. The van der Waals surface area contributed by atoms with Gasteiger partial charge in [-0.05, 0) is 25.0 Å². The Hall–Kier alpha value is -1.05. The summed E-state index contributed by atoms with van der Waals surface area (Å²) in [4.78, 5) is -0.477. The third-order valence-corrected chi connectivity index (χ3v) is 4.21. The van der Waals surface area contributed by atoms with Gasteiger partial charge in [-0.15, -0.1) is 0 Å². The van der Waals surface area contributed by atoms with Crippen LogP contribution in [-0.4, -0.2) is 25.7 Å². The molecular weight excluding hydrogens is 252 g/mol. The highest BCUT2D eigenvalue weighted by Gasteiger charge is 2.45. The fraction of sp³-hybridized carbons (Fsp3) is 0.400. The highest BCUT2D eigenvalue weighted by atomic mass is 32.2. The van der Waals surface area contributed by atoms with Crippen molar-refractivity contribution in [3.8, 4) is 0 Å². The summed E-state index contributed by atoms with van der Waals surface area (Å²) in [6.07, 6.45) is 1.03. The van der Waals surface area contributed by atoms with Gasteiger partial charge in [0.25, 0.3) is 0 Å². The van der Waals surface area contributed by atoms with E-state index in [2.05, 4.69) is 4.72 Å². The molecule has 0 saturated heterocycles. The summed E-state index contributed by atoms with van der Waals surface area (Å²) in [5.41, 5.74) is -0.859. The number of halogens is 2. The fourth-order valence-electron chi connectivity index (χ4n) is 1.47. The van der Waals surface area contributed by atoms with Gasteiger partial charge in [-0.3, -0.25) is 0 Å². The van der Waals surface area contributed by atoms with E-state index in [1.165, 1.54) is 0 Å². The number of hydrogen-bond donors (Lipinski definition) is 2. The molecule has 0 radical (unpaired) electrons. The zero-order valence-electron chi connectivity index (χ0n) is 8.78. The van der Waals surface area contributed by atoms with Crippen molar-refractivity contribution in [1.82, 2.24) is 4.72 Å². The van der Waals surface area contributed by atoms with Crippen molar-refractivity contribution >= 4 is 10.0 Å². The molecule has 17 heavy (non-hydrogen) atoms. The zero-order chi connectivity index (χ0) is 12.7. The molecule has 0 bridgehead atoms. The maximum atomic E-state index is 12.9. The molecule has 2 rings (SSSR count). The molecule has 4 nitrogen and oxygen atoms in total. The Balaban J connectivity index is 2.31. The van der Waals surface area contributed by atoms with E-state index in [0.29, 0.717) is 18.9 Å². The van der Waals surface area contributed by atoms with Gasteiger partial charge in [-0.1, -0.05) is 0 Å². The van der Waals surface area contributed by atoms with Crippen LogP contribution < -0.4 is 4.72 Å². The van der Waals surface area contributed by atoms with Crippen LogP contribution in [0.3, 0.4) is 0 Å². The number of aliphatic hydroxyl groups is 1. The van der Waals surface area contributed by atoms with Crippen molar-refractivity contribution in [2.75, 3.05) is 6.61 Å². The van der Waals surface area contributed by atoms with Crippen LogP contribution in [0.1, 0.15) is 12.8 Å². The Bertz CT molecular complexity index is 520. The number of nitrogens with one attached hydrogen (secondary N) is 1. The first kappa shape index (κ1) is 12.4. The third kappa shape index (κ3) is 2.62. The molecule has 1 aliphatic carbocycles. The van der Waals surface area contributed by atoms with Crippen molar-refractivity contribution in [3.63, 3.8) is 0 Å². The number of aliphatic hydroxyl groups excluding tert-OH is 1. The monoisotopic (exact) mass is 263 g/mol. The van der Waals surface area contributed by atoms with E-state index in [9.17, 15) is 17.2 Å². The molecule has 1 aromatic carbocycles. The van der Waals surface area contributed by atoms with Crippen molar-refractivity contribution < 1.29 is 22.3 Å². The molecule has 0 aliphatic heterocycles. The second-order valence-electron chi connectivity index (χ2n) is 4.15. The van der Waals surface area contributed by atoms with Gasteiger partial charge in [-0.2, -0.15) is 0 Å². The average molecular weight is 263 g/mol. The molecule has 94 valence electrons. The third-order valence-electron chi connectivity index (χ3n) is 2.65. The molecule has 1 aliphatic rings. The topological polar surface area (TPSA) is 66.4 Å². The van der Waals surface area contributed by atoms with Gasteiger partial charge in [0.1, 0.15) is 11.6 Å². The van der Waals surface area contributed by atoms with Gasteiger partial charge in [0.2, 0.25) is 10.0 Å². The second-order valence-corrected chi connectivity index (χ2v) is 5.83. The summed E-state index contributed by atoms with van der Waals surface area (Å²) in [6.45, 7) is -0.329. The molecule has 2 N–H and O–H groups in total. The van der Waals surface area contributed by atoms with Crippen LogP contribution >= 0.6 is 0 Å². The Morgan fingerprint density at radius 1 is 1.24 bits per heavy atom. The molecular formula is C10H11F2NO3S. The van der Waals surface area contributed by atoms with Crippen LogP contribution in [0.4, 0.5) is 8.78 Å². The van der Waals surface area contributed by atoms with E-state index >= 15 is 0 Å². The van der Waals surface area contributed by atoms with E-state index in [4.69, 9.17) is 5.11 Å². The van der Waals surface area contributed by atoms with Crippen molar-refractivity contribution in [1.29, 1.82) is 0 Å². The van der Waals surface area contributed by atoms with Gasteiger partial charge in [0, 0.05) is 6.07 Å². The number of rotatable bonds is 4. The van der Waals surface area contributed by atoms with Gasteiger partial charge in [-0.25, -0.2) is 21.9 Å². The molecule has 1 saturated carbocycles. The van der Waals surface area contributed by atoms with Crippen LogP contribution in [0.2, 0.25) is 0 Å². The first-order valence-corrected chi connectivity index (χ1v) is 6.46. The molecule has 0 spiro atoms. The Labute approximate surface area is 97.3 Å². The van der Waals surface area contributed by atoms with Gasteiger partial charge in [0.05, 0.1) is 17.0 Å². The average Bonchev–Trinajstić information content (AvgIpc) is 2.96. The number of benzene rings is 1. The van der Waals surface area contributed by atoms with E-state index < -0.39 is 32.1 Å². The lowest BCUT2D eigenvalue weighted by Crippen LogP contribution is -2.39. The smallest absolute Gasteiger partial charge is 0.241 e. The molecule has 0 atom stereocenters. The number of hydrogen-bond acceptors (Lipinski definition) is 3. The molecule has 0 aromatic heterocycles. The highest BCUT2D eigenvalue weighted by molar-refractivity contribution is 7.89. The van der Waals surface area contributed by atoms with Gasteiger partial charge >= 0.3 is 0 Å². The second kappa shape index (κ2) is 4.01. The lowest BCUT2D eigenvalue weighted by molar-refractivity contribution is 0.246. The Morgan fingerprint density at radius 2 is 1.76 bits per heavy atom. The van der Waals surface area contributed by atoms with Crippen molar-refractivity contribution in [2.45, 2.75) is 23.3 Å². The zero-order valence-corrected chi connectivity index (χ0v) is 9.60.